The first-order valence-corrected chi connectivity index (χ1v) is 9.22. The molecule has 1 aliphatic heterocycles. The van der Waals surface area contributed by atoms with Crippen LogP contribution >= 0.6 is 0 Å². The highest BCUT2D eigenvalue weighted by atomic mass is 19.2. The van der Waals surface area contributed by atoms with E-state index in [2.05, 4.69) is 4.90 Å². The average Bonchev–Trinajstić information content (AvgIpc) is 2.68. The number of anilines is 1. The quantitative estimate of drug-likeness (QED) is 0.767. The molecule has 0 unspecified atom stereocenters. The lowest BCUT2D eigenvalue weighted by Crippen LogP contribution is -2.47. The minimum atomic E-state index is -0.835. The van der Waals surface area contributed by atoms with Gasteiger partial charge in [0.05, 0.1) is 0 Å². The van der Waals surface area contributed by atoms with Gasteiger partial charge in [-0.3, -0.25) is 9.69 Å². The lowest BCUT2D eigenvalue weighted by atomic mass is 10.0. The minimum Gasteiger partial charge on any atom is -0.309 e. The van der Waals surface area contributed by atoms with Crippen LogP contribution in [0.2, 0.25) is 0 Å². The summed E-state index contributed by atoms with van der Waals surface area (Å²) in [6.07, 6.45) is 1.81. The van der Waals surface area contributed by atoms with Crippen molar-refractivity contribution in [3.8, 4) is 0 Å². The summed E-state index contributed by atoms with van der Waals surface area (Å²) in [7, 11) is 0. The molecule has 6 heteroatoms. The van der Waals surface area contributed by atoms with Crippen LogP contribution in [-0.4, -0.2) is 29.9 Å². The second-order valence-corrected chi connectivity index (χ2v) is 6.81. The third-order valence-electron chi connectivity index (χ3n) is 5.02. The van der Waals surface area contributed by atoms with Crippen molar-refractivity contribution in [2.75, 3.05) is 18.0 Å². The van der Waals surface area contributed by atoms with E-state index in [1.807, 2.05) is 0 Å². The zero-order chi connectivity index (χ0) is 19.4. The summed E-state index contributed by atoms with van der Waals surface area (Å²) in [4.78, 5) is 16.3. The number of carbonyl (C=O) groups is 1. The fraction of sp³-hybridized carbons (Fsp3) is 0.381. The Morgan fingerprint density at radius 2 is 1.74 bits per heavy atom. The number of hydrogen-bond acceptors (Lipinski definition) is 2. The number of piperidine rings is 1. The van der Waals surface area contributed by atoms with Crippen molar-refractivity contribution in [1.82, 2.24) is 4.90 Å². The number of amides is 1. The van der Waals surface area contributed by atoms with Crippen LogP contribution in [0, 0.1) is 17.5 Å². The average molecular weight is 376 g/mol. The van der Waals surface area contributed by atoms with E-state index in [1.165, 1.54) is 18.2 Å². The molecule has 1 saturated heterocycles. The summed E-state index contributed by atoms with van der Waals surface area (Å²) < 4.78 is 40.5. The van der Waals surface area contributed by atoms with Gasteiger partial charge in [-0.15, -0.1) is 0 Å². The molecule has 0 saturated carbocycles. The van der Waals surface area contributed by atoms with Crippen molar-refractivity contribution < 1.29 is 18.0 Å². The molecule has 0 bridgehead atoms. The van der Waals surface area contributed by atoms with Gasteiger partial charge in [0, 0.05) is 43.3 Å². The Bertz CT molecular complexity index is 787. The van der Waals surface area contributed by atoms with E-state index < -0.39 is 11.6 Å². The highest BCUT2D eigenvalue weighted by molar-refractivity contribution is 5.93. The molecule has 2 aromatic carbocycles. The molecule has 27 heavy (non-hydrogen) atoms. The van der Waals surface area contributed by atoms with Gasteiger partial charge < -0.3 is 4.90 Å². The number of hydrogen-bond donors (Lipinski definition) is 0. The molecule has 144 valence electrons. The van der Waals surface area contributed by atoms with Crippen LogP contribution in [0.15, 0.2) is 42.5 Å². The first-order chi connectivity index (χ1) is 13.0. The molecule has 2 aromatic rings. The first kappa shape index (κ1) is 19.4. The summed E-state index contributed by atoms with van der Waals surface area (Å²) in [6.45, 7) is 3.50. The van der Waals surface area contributed by atoms with Gasteiger partial charge in [0.15, 0.2) is 11.6 Å². The van der Waals surface area contributed by atoms with Crippen LogP contribution < -0.4 is 4.90 Å². The Morgan fingerprint density at radius 3 is 2.37 bits per heavy atom. The van der Waals surface area contributed by atoms with Gasteiger partial charge in [0.25, 0.3) is 0 Å². The number of rotatable bonds is 5. The van der Waals surface area contributed by atoms with Crippen LogP contribution in [0.1, 0.15) is 31.7 Å². The summed E-state index contributed by atoms with van der Waals surface area (Å²) in [5, 5.41) is 0. The van der Waals surface area contributed by atoms with Gasteiger partial charge >= 0.3 is 0 Å². The predicted molar refractivity (Wildman–Crippen MR) is 98.8 cm³/mol. The standard InChI is InChI=1S/C21H23F3N2O/c1-2-20(27)26(17-8-6-16(22)7-9-17)18-10-12-25(13-11-18)14-15-4-3-5-19(23)21(15)24/h3-9,18H,2,10-14H2,1H3. The van der Waals surface area contributed by atoms with Crippen LogP contribution in [-0.2, 0) is 11.3 Å². The van der Waals surface area contributed by atoms with Crippen LogP contribution in [0.3, 0.4) is 0 Å². The molecule has 3 nitrogen and oxygen atoms in total. The van der Waals surface area contributed by atoms with E-state index in [-0.39, 0.29) is 17.8 Å². The monoisotopic (exact) mass is 376 g/mol. The molecule has 1 amide bonds. The summed E-state index contributed by atoms with van der Waals surface area (Å²) in [5.74, 6) is -1.97. The molecule has 0 atom stereocenters. The second-order valence-electron chi connectivity index (χ2n) is 6.81. The Labute approximate surface area is 157 Å². The van der Waals surface area contributed by atoms with Crippen LogP contribution in [0.4, 0.5) is 18.9 Å². The van der Waals surface area contributed by atoms with Gasteiger partial charge in [-0.2, -0.15) is 0 Å². The van der Waals surface area contributed by atoms with Crippen molar-refractivity contribution in [2.45, 2.75) is 38.8 Å². The van der Waals surface area contributed by atoms with Gasteiger partial charge in [-0.05, 0) is 43.2 Å². The lowest BCUT2D eigenvalue weighted by molar-refractivity contribution is -0.119. The summed E-state index contributed by atoms with van der Waals surface area (Å²) >= 11 is 0. The van der Waals surface area contributed by atoms with E-state index in [4.69, 9.17) is 0 Å². The van der Waals surface area contributed by atoms with Gasteiger partial charge in [0.1, 0.15) is 5.82 Å². The molecule has 0 N–H and O–H groups in total. The zero-order valence-corrected chi connectivity index (χ0v) is 15.3. The third kappa shape index (κ3) is 4.50. The summed E-state index contributed by atoms with van der Waals surface area (Å²) in [5.41, 5.74) is 1.03. The van der Waals surface area contributed by atoms with Crippen molar-refractivity contribution >= 4 is 11.6 Å². The fourth-order valence-corrected chi connectivity index (χ4v) is 3.58. The van der Waals surface area contributed by atoms with Crippen molar-refractivity contribution in [3.05, 3.63) is 65.5 Å². The second kappa shape index (κ2) is 8.57. The minimum absolute atomic E-state index is 0.00349. The van der Waals surface area contributed by atoms with Crippen molar-refractivity contribution in [1.29, 1.82) is 0 Å². The molecular formula is C21H23F3N2O. The number of benzene rings is 2. The fourth-order valence-electron chi connectivity index (χ4n) is 3.58. The maximum Gasteiger partial charge on any atom is 0.226 e. The Balaban J connectivity index is 1.67. The highest BCUT2D eigenvalue weighted by Gasteiger charge is 2.28. The number of likely N-dealkylation sites (tertiary alicyclic amines) is 1. The zero-order valence-electron chi connectivity index (χ0n) is 15.3. The van der Waals surface area contributed by atoms with Gasteiger partial charge in [-0.1, -0.05) is 19.1 Å². The predicted octanol–water partition coefficient (Wildman–Crippen LogP) is 4.51. The third-order valence-corrected chi connectivity index (χ3v) is 5.02. The molecule has 0 aliphatic carbocycles. The SMILES string of the molecule is CCC(=O)N(c1ccc(F)cc1)C1CCN(Cc2cccc(F)c2F)CC1. The molecular weight excluding hydrogens is 353 g/mol. The van der Waals surface area contributed by atoms with Gasteiger partial charge in [0.2, 0.25) is 5.91 Å². The number of carbonyl (C=O) groups excluding carboxylic acids is 1. The maximum atomic E-state index is 13.9. The number of nitrogens with zero attached hydrogens (tertiary/aromatic N) is 2. The Kier molecular flexibility index (Phi) is 6.16. The van der Waals surface area contributed by atoms with Crippen LogP contribution in [0.5, 0.6) is 0 Å². The van der Waals surface area contributed by atoms with E-state index in [1.54, 1.807) is 30.0 Å². The Morgan fingerprint density at radius 1 is 1.07 bits per heavy atom. The normalized spacial score (nSPS) is 15.7. The van der Waals surface area contributed by atoms with Crippen molar-refractivity contribution in [2.24, 2.45) is 0 Å². The smallest absolute Gasteiger partial charge is 0.226 e. The first-order valence-electron chi connectivity index (χ1n) is 9.22. The molecule has 0 spiro atoms. The molecule has 1 heterocycles. The van der Waals surface area contributed by atoms with E-state index in [0.29, 0.717) is 37.3 Å². The molecule has 3 rings (SSSR count). The highest BCUT2D eigenvalue weighted by Crippen LogP contribution is 2.26. The van der Waals surface area contributed by atoms with Crippen molar-refractivity contribution in [3.63, 3.8) is 0 Å². The molecule has 1 fully saturated rings. The maximum absolute atomic E-state index is 13.9. The Hall–Kier alpha value is -2.34. The molecule has 0 aromatic heterocycles. The number of halogens is 3. The van der Waals surface area contributed by atoms with E-state index in [9.17, 15) is 18.0 Å². The largest absolute Gasteiger partial charge is 0.309 e. The lowest BCUT2D eigenvalue weighted by Gasteiger charge is -2.38. The molecule has 1 aliphatic rings. The topological polar surface area (TPSA) is 23.6 Å². The van der Waals surface area contributed by atoms with E-state index in [0.717, 1.165) is 18.9 Å². The van der Waals surface area contributed by atoms with Crippen LogP contribution in [0.25, 0.3) is 0 Å². The van der Waals surface area contributed by atoms with E-state index >= 15 is 0 Å². The van der Waals surface area contributed by atoms with Gasteiger partial charge in [-0.25, -0.2) is 13.2 Å². The molecule has 0 radical (unpaired) electrons. The summed E-state index contributed by atoms with van der Waals surface area (Å²) in [6, 6.07) is 10.2.